The molecule has 1 unspecified atom stereocenters. The predicted molar refractivity (Wildman–Crippen MR) is 98.3 cm³/mol. The van der Waals surface area contributed by atoms with Gasteiger partial charge >= 0.3 is 0 Å². The van der Waals surface area contributed by atoms with Crippen LogP contribution in [0.25, 0.3) is 0 Å². The van der Waals surface area contributed by atoms with Gasteiger partial charge in [0, 0.05) is 18.8 Å². The van der Waals surface area contributed by atoms with E-state index in [2.05, 4.69) is 10.6 Å². The number of benzene rings is 1. The number of hydrogen-bond acceptors (Lipinski definition) is 4. The van der Waals surface area contributed by atoms with E-state index >= 15 is 0 Å². The lowest BCUT2D eigenvalue weighted by Crippen LogP contribution is -2.42. The van der Waals surface area contributed by atoms with Gasteiger partial charge in [0.15, 0.2) is 0 Å². The van der Waals surface area contributed by atoms with Crippen LogP contribution in [0.1, 0.15) is 44.9 Å². The first-order valence-corrected chi connectivity index (χ1v) is 9.10. The number of anilines is 1. The molecule has 1 aliphatic rings. The Bertz CT molecular complexity index is 484. The maximum Gasteiger partial charge on any atom is 0.236 e. The van der Waals surface area contributed by atoms with Crippen LogP contribution in [0.2, 0.25) is 0 Å². The van der Waals surface area contributed by atoms with Crippen LogP contribution in [0.4, 0.5) is 5.69 Å². The van der Waals surface area contributed by atoms with Gasteiger partial charge in [-0.2, -0.15) is 0 Å². The van der Waals surface area contributed by atoms with E-state index in [1.807, 2.05) is 24.3 Å². The highest BCUT2D eigenvalue weighted by atomic mass is 16.5. The molecule has 1 fully saturated rings. The number of methoxy groups -OCH3 is 1. The summed E-state index contributed by atoms with van der Waals surface area (Å²) in [6, 6.07) is 7.34. The molecule has 1 amide bonds. The Morgan fingerprint density at radius 2 is 1.92 bits per heavy atom. The normalized spacial score (nSPS) is 16.4. The minimum Gasteiger partial charge on any atom is -0.497 e. The van der Waals surface area contributed by atoms with Crippen molar-refractivity contribution >= 4 is 11.6 Å². The molecule has 24 heavy (non-hydrogen) atoms. The third-order valence-corrected chi connectivity index (χ3v) is 4.79. The summed E-state index contributed by atoms with van der Waals surface area (Å²) in [6.07, 6.45) is 8.53. The van der Waals surface area contributed by atoms with E-state index < -0.39 is 0 Å². The summed E-state index contributed by atoms with van der Waals surface area (Å²) >= 11 is 0. The molecule has 0 radical (unpaired) electrons. The smallest absolute Gasteiger partial charge is 0.236 e. The third-order valence-electron chi connectivity index (χ3n) is 4.79. The predicted octanol–water partition coefficient (Wildman–Crippen LogP) is 2.91. The minimum atomic E-state index is -0.382. The van der Waals surface area contributed by atoms with E-state index in [-0.39, 0.29) is 11.9 Å². The van der Waals surface area contributed by atoms with Crippen LogP contribution in [-0.4, -0.2) is 32.1 Å². The quantitative estimate of drug-likeness (QED) is 0.607. The standard InChI is InChI=1S/C19H31N3O2/c1-24-17-10-8-16(9-11-17)21-13-14-22-19(23)18(20)12-7-15-5-3-2-4-6-15/h8-11,15,18,21H,2-7,12-14,20H2,1H3,(H,22,23). The number of carbonyl (C=O) groups excluding carboxylic acids is 1. The lowest BCUT2D eigenvalue weighted by molar-refractivity contribution is -0.122. The van der Waals surface area contributed by atoms with Crippen molar-refractivity contribution in [3.05, 3.63) is 24.3 Å². The van der Waals surface area contributed by atoms with Gasteiger partial charge in [0.2, 0.25) is 5.91 Å². The molecular formula is C19H31N3O2. The summed E-state index contributed by atoms with van der Waals surface area (Å²) in [6.45, 7) is 1.25. The fourth-order valence-electron chi connectivity index (χ4n) is 3.25. The van der Waals surface area contributed by atoms with Gasteiger partial charge in [-0.3, -0.25) is 4.79 Å². The monoisotopic (exact) mass is 333 g/mol. The molecule has 5 heteroatoms. The molecule has 0 saturated heterocycles. The van der Waals surface area contributed by atoms with Crippen LogP contribution < -0.4 is 21.1 Å². The SMILES string of the molecule is COc1ccc(NCCNC(=O)C(N)CCC2CCCCC2)cc1. The summed E-state index contributed by atoms with van der Waals surface area (Å²) < 4.78 is 5.12. The van der Waals surface area contributed by atoms with Crippen LogP contribution in [0.15, 0.2) is 24.3 Å². The Kier molecular flexibility index (Phi) is 7.89. The van der Waals surface area contributed by atoms with Crippen molar-refractivity contribution in [2.75, 3.05) is 25.5 Å². The molecule has 0 aromatic heterocycles. The third kappa shape index (κ3) is 6.40. The van der Waals surface area contributed by atoms with Crippen molar-refractivity contribution in [3.8, 4) is 5.75 Å². The van der Waals surface area contributed by atoms with Crippen molar-refractivity contribution < 1.29 is 9.53 Å². The fourth-order valence-corrected chi connectivity index (χ4v) is 3.25. The largest absolute Gasteiger partial charge is 0.497 e. The molecule has 4 N–H and O–H groups in total. The Morgan fingerprint density at radius 1 is 1.21 bits per heavy atom. The summed E-state index contributed by atoms with van der Waals surface area (Å²) in [4.78, 5) is 12.0. The molecular weight excluding hydrogens is 302 g/mol. The Labute approximate surface area is 145 Å². The maximum absolute atomic E-state index is 12.0. The van der Waals surface area contributed by atoms with Gasteiger partial charge in [-0.15, -0.1) is 0 Å². The number of carbonyl (C=O) groups is 1. The van der Waals surface area contributed by atoms with Crippen molar-refractivity contribution in [1.82, 2.24) is 5.32 Å². The number of amides is 1. The maximum atomic E-state index is 12.0. The van der Waals surface area contributed by atoms with Gasteiger partial charge < -0.3 is 21.1 Å². The zero-order chi connectivity index (χ0) is 17.2. The highest BCUT2D eigenvalue weighted by Crippen LogP contribution is 2.27. The average Bonchev–Trinajstić information content (AvgIpc) is 2.64. The minimum absolute atomic E-state index is 0.0395. The average molecular weight is 333 g/mol. The Balaban J connectivity index is 1.57. The van der Waals surface area contributed by atoms with E-state index in [1.165, 1.54) is 32.1 Å². The molecule has 0 spiro atoms. The van der Waals surface area contributed by atoms with Crippen LogP contribution in [0.3, 0.4) is 0 Å². The van der Waals surface area contributed by atoms with Crippen molar-refractivity contribution in [2.45, 2.75) is 51.0 Å². The Morgan fingerprint density at radius 3 is 2.58 bits per heavy atom. The van der Waals surface area contributed by atoms with Crippen LogP contribution >= 0.6 is 0 Å². The van der Waals surface area contributed by atoms with E-state index in [0.29, 0.717) is 13.1 Å². The van der Waals surface area contributed by atoms with Gasteiger partial charge in [0.05, 0.1) is 13.2 Å². The number of nitrogens with two attached hydrogens (primary N) is 1. The van der Waals surface area contributed by atoms with Gasteiger partial charge in [-0.1, -0.05) is 32.1 Å². The van der Waals surface area contributed by atoms with Gasteiger partial charge in [0.1, 0.15) is 5.75 Å². The Hall–Kier alpha value is -1.75. The molecule has 1 aromatic rings. The van der Waals surface area contributed by atoms with Gasteiger partial charge in [-0.05, 0) is 43.0 Å². The second-order valence-electron chi connectivity index (χ2n) is 6.63. The summed E-state index contributed by atoms with van der Waals surface area (Å²) in [5.41, 5.74) is 7.02. The zero-order valence-corrected chi connectivity index (χ0v) is 14.7. The lowest BCUT2D eigenvalue weighted by Gasteiger charge is -2.22. The molecule has 0 heterocycles. The second kappa shape index (κ2) is 10.2. The molecule has 1 aromatic carbocycles. The lowest BCUT2D eigenvalue weighted by atomic mass is 9.85. The molecule has 0 bridgehead atoms. The number of hydrogen-bond donors (Lipinski definition) is 3. The summed E-state index contributed by atoms with van der Waals surface area (Å²) in [5, 5.41) is 6.17. The first-order valence-electron chi connectivity index (χ1n) is 9.10. The van der Waals surface area contributed by atoms with Gasteiger partial charge in [0.25, 0.3) is 0 Å². The van der Waals surface area contributed by atoms with Gasteiger partial charge in [-0.25, -0.2) is 0 Å². The molecule has 0 aliphatic heterocycles. The van der Waals surface area contributed by atoms with Crippen molar-refractivity contribution in [1.29, 1.82) is 0 Å². The molecule has 5 nitrogen and oxygen atoms in total. The van der Waals surface area contributed by atoms with Crippen LogP contribution in [-0.2, 0) is 4.79 Å². The first-order chi connectivity index (χ1) is 11.7. The highest BCUT2D eigenvalue weighted by Gasteiger charge is 2.18. The molecule has 1 aliphatic carbocycles. The van der Waals surface area contributed by atoms with E-state index in [0.717, 1.165) is 30.2 Å². The first kappa shape index (κ1) is 18.6. The second-order valence-corrected chi connectivity index (χ2v) is 6.63. The molecule has 1 atom stereocenters. The van der Waals surface area contributed by atoms with Crippen LogP contribution in [0, 0.1) is 5.92 Å². The highest BCUT2D eigenvalue weighted by molar-refractivity contribution is 5.81. The van der Waals surface area contributed by atoms with E-state index in [9.17, 15) is 4.79 Å². The van der Waals surface area contributed by atoms with Crippen LogP contribution in [0.5, 0.6) is 5.75 Å². The van der Waals surface area contributed by atoms with E-state index in [4.69, 9.17) is 10.5 Å². The molecule has 1 saturated carbocycles. The van der Waals surface area contributed by atoms with Crippen molar-refractivity contribution in [2.24, 2.45) is 11.7 Å². The van der Waals surface area contributed by atoms with Crippen molar-refractivity contribution in [3.63, 3.8) is 0 Å². The topological polar surface area (TPSA) is 76.4 Å². The number of rotatable bonds is 9. The fraction of sp³-hybridized carbons (Fsp3) is 0.632. The molecule has 134 valence electrons. The number of ether oxygens (including phenoxy) is 1. The summed E-state index contributed by atoms with van der Waals surface area (Å²) in [5.74, 6) is 1.56. The molecule has 2 rings (SSSR count). The van der Waals surface area contributed by atoms with E-state index in [1.54, 1.807) is 7.11 Å². The zero-order valence-electron chi connectivity index (χ0n) is 14.7. The number of nitrogens with one attached hydrogen (secondary N) is 2. The summed E-state index contributed by atoms with van der Waals surface area (Å²) in [7, 11) is 1.65.